The highest BCUT2D eigenvalue weighted by Gasteiger charge is 2.63. The Morgan fingerprint density at radius 3 is 2.26 bits per heavy atom. The van der Waals surface area contributed by atoms with Crippen molar-refractivity contribution in [1.29, 1.82) is 5.26 Å². The second kappa shape index (κ2) is 9.22. The fourth-order valence-corrected chi connectivity index (χ4v) is 6.29. The van der Waals surface area contributed by atoms with Gasteiger partial charge < -0.3 is 19.7 Å². The van der Waals surface area contributed by atoms with Crippen LogP contribution in [0.2, 0.25) is 0 Å². The second-order valence-electron chi connectivity index (χ2n) is 10.0. The Labute approximate surface area is 220 Å². The lowest BCUT2D eigenvalue weighted by Crippen LogP contribution is -2.25. The van der Waals surface area contributed by atoms with E-state index in [4.69, 9.17) is 16.0 Å². The molecule has 0 aliphatic carbocycles. The van der Waals surface area contributed by atoms with E-state index in [9.17, 15) is 15.5 Å². The molecule has 3 aromatic carbocycles. The van der Waals surface area contributed by atoms with E-state index in [0.29, 0.717) is 61.4 Å². The largest absolute Gasteiger partial charge is 0.494 e. The van der Waals surface area contributed by atoms with Crippen molar-refractivity contribution in [2.24, 2.45) is 0 Å². The number of benzene rings is 3. The zero-order valence-electron chi connectivity index (χ0n) is 20.9. The maximum absolute atomic E-state index is 11.7. The number of rotatable bonds is 8. The van der Waals surface area contributed by atoms with Crippen molar-refractivity contribution in [3.8, 4) is 23.5 Å². The molecule has 2 aliphatic heterocycles. The van der Waals surface area contributed by atoms with Gasteiger partial charge in [-0.25, -0.2) is 4.85 Å². The van der Waals surface area contributed by atoms with Crippen molar-refractivity contribution in [3.63, 3.8) is 0 Å². The van der Waals surface area contributed by atoms with E-state index in [0.717, 1.165) is 16.3 Å². The average molecular weight is 506 g/mol. The molecule has 1 aromatic heterocycles. The summed E-state index contributed by atoms with van der Waals surface area (Å²) in [6.45, 7) is 8.43. The Morgan fingerprint density at radius 1 is 0.921 bits per heavy atom. The van der Waals surface area contributed by atoms with Crippen LogP contribution in [0.4, 0.5) is 5.69 Å². The highest BCUT2D eigenvalue weighted by atomic mass is 16.5. The van der Waals surface area contributed by atoms with Gasteiger partial charge in [0.15, 0.2) is 5.69 Å². The van der Waals surface area contributed by atoms with Crippen molar-refractivity contribution < 1.29 is 19.7 Å². The molecular weight excluding hydrogens is 478 g/mol. The minimum atomic E-state index is -0.844. The average Bonchev–Trinajstić information content (AvgIpc) is 3.56. The molecule has 2 aliphatic rings. The molecule has 1 saturated heterocycles. The Balaban J connectivity index is 1.42. The fraction of sp³-hybridized carbons (Fsp3) is 0.290. The maximum atomic E-state index is 11.7. The summed E-state index contributed by atoms with van der Waals surface area (Å²) in [7, 11) is 0. The van der Waals surface area contributed by atoms with Gasteiger partial charge in [0.2, 0.25) is 11.8 Å². The molecule has 6 rings (SSSR count). The van der Waals surface area contributed by atoms with Gasteiger partial charge in [0.25, 0.3) is 0 Å². The molecule has 1 fully saturated rings. The Hall–Kier alpha value is -4.30. The van der Waals surface area contributed by atoms with Crippen LogP contribution >= 0.6 is 0 Å². The first kappa shape index (κ1) is 24.1. The summed E-state index contributed by atoms with van der Waals surface area (Å²) in [6.07, 6.45) is 2.52. The monoisotopic (exact) mass is 505 g/mol. The SMILES string of the molecule is [C-]#[N+]c1ccc(-n2c(O)c3c(c2O)C2(CCOCc4ccccc4)CCC3(CCC#N)O2)c2ccccc12. The lowest BCUT2D eigenvalue weighted by atomic mass is 9.75. The van der Waals surface area contributed by atoms with Gasteiger partial charge in [-0.2, -0.15) is 5.26 Å². The molecule has 2 N–H and O–H groups in total. The first-order valence-electron chi connectivity index (χ1n) is 12.8. The number of hydrogen-bond acceptors (Lipinski definition) is 5. The molecule has 0 radical (unpaired) electrons. The highest BCUT2D eigenvalue weighted by molar-refractivity contribution is 6.00. The summed E-state index contributed by atoms with van der Waals surface area (Å²) in [5.74, 6) is -0.150. The van der Waals surface area contributed by atoms with Crippen LogP contribution in [0.1, 0.15) is 48.8 Å². The predicted octanol–water partition coefficient (Wildman–Crippen LogP) is 6.72. The lowest BCUT2D eigenvalue weighted by molar-refractivity contribution is -0.105. The van der Waals surface area contributed by atoms with Crippen LogP contribution in [0.5, 0.6) is 11.8 Å². The van der Waals surface area contributed by atoms with Crippen LogP contribution in [-0.4, -0.2) is 21.4 Å². The molecule has 7 nitrogen and oxygen atoms in total. The van der Waals surface area contributed by atoms with E-state index in [2.05, 4.69) is 10.9 Å². The number of nitrogens with zero attached hydrogens (tertiary/aromatic N) is 3. The van der Waals surface area contributed by atoms with Gasteiger partial charge in [0.1, 0.15) is 11.2 Å². The summed E-state index contributed by atoms with van der Waals surface area (Å²) in [4.78, 5) is 3.63. The summed E-state index contributed by atoms with van der Waals surface area (Å²) in [5.41, 5.74) is 1.66. The molecule has 2 atom stereocenters. The minimum Gasteiger partial charge on any atom is -0.494 e. The molecule has 190 valence electrons. The first-order valence-corrected chi connectivity index (χ1v) is 12.8. The van der Waals surface area contributed by atoms with E-state index in [1.54, 1.807) is 12.1 Å². The van der Waals surface area contributed by atoms with Crippen LogP contribution < -0.4 is 0 Å². The molecule has 2 unspecified atom stereocenters. The number of aromatic hydroxyl groups is 2. The van der Waals surface area contributed by atoms with E-state index in [1.807, 2.05) is 54.6 Å². The lowest BCUT2D eigenvalue weighted by Gasteiger charge is -2.27. The van der Waals surface area contributed by atoms with Gasteiger partial charge in [0, 0.05) is 12.8 Å². The number of fused-ring (bicyclic) bond motifs is 6. The quantitative estimate of drug-likeness (QED) is 0.205. The third-order valence-corrected chi connectivity index (χ3v) is 8.00. The molecule has 0 amide bonds. The van der Waals surface area contributed by atoms with Crippen LogP contribution in [0, 0.1) is 17.9 Å². The summed E-state index contributed by atoms with van der Waals surface area (Å²) < 4.78 is 14.1. The van der Waals surface area contributed by atoms with Crippen molar-refractivity contribution in [3.05, 3.63) is 94.8 Å². The third-order valence-electron chi connectivity index (χ3n) is 8.00. The molecule has 2 bridgehead atoms. The zero-order chi connectivity index (χ0) is 26.3. The summed E-state index contributed by atoms with van der Waals surface area (Å²) in [6, 6.07) is 23.1. The van der Waals surface area contributed by atoms with Gasteiger partial charge in [-0.15, -0.1) is 0 Å². The first-order chi connectivity index (χ1) is 18.5. The van der Waals surface area contributed by atoms with Gasteiger partial charge in [-0.3, -0.25) is 4.57 Å². The maximum Gasteiger partial charge on any atom is 0.205 e. The number of aromatic nitrogens is 1. The van der Waals surface area contributed by atoms with Crippen molar-refractivity contribution in [2.45, 2.75) is 49.9 Å². The molecular formula is C31H27N3O4. The van der Waals surface area contributed by atoms with E-state index < -0.39 is 11.2 Å². The Kier molecular flexibility index (Phi) is 5.84. The number of ether oxygens (including phenoxy) is 2. The van der Waals surface area contributed by atoms with Crippen LogP contribution in [-0.2, 0) is 27.3 Å². The summed E-state index contributed by atoms with van der Waals surface area (Å²) >= 11 is 0. The van der Waals surface area contributed by atoms with Crippen LogP contribution in [0.3, 0.4) is 0 Å². The molecule has 38 heavy (non-hydrogen) atoms. The van der Waals surface area contributed by atoms with Gasteiger partial charge in [-0.1, -0.05) is 60.7 Å². The third kappa shape index (κ3) is 3.55. The molecule has 0 saturated carbocycles. The van der Waals surface area contributed by atoms with Crippen molar-refractivity contribution in [1.82, 2.24) is 4.57 Å². The van der Waals surface area contributed by atoms with Crippen LogP contribution in [0.15, 0.2) is 66.7 Å². The zero-order valence-corrected chi connectivity index (χ0v) is 20.9. The van der Waals surface area contributed by atoms with Gasteiger partial charge in [0.05, 0.1) is 42.7 Å². The minimum absolute atomic E-state index is 0.0696. The smallest absolute Gasteiger partial charge is 0.205 e. The standard InChI is InChI=1S/C31H27N3O4/c1-33-24-12-13-25(23-11-6-5-10-22(23)24)34-28(35)26-27(29(34)36)31(16-15-30(26,38-31)14-7-18-32)17-19-37-20-21-8-3-2-4-9-21/h2-6,8-13,35-36H,7,14-17,19-20H2. The van der Waals surface area contributed by atoms with Crippen molar-refractivity contribution >= 4 is 16.5 Å². The molecule has 3 heterocycles. The highest BCUT2D eigenvalue weighted by Crippen LogP contribution is 2.67. The summed E-state index contributed by atoms with van der Waals surface area (Å²) in [5, 5.41) is 34.2. The normalized spacial score (nSPS) is 21.3. The molecule has 0 spiro atoms. The predicted molar refractivity (Wildman–Crippen MR) is 142 cm³/mol. The topological polar surface area (TPSA) is 92.0 Å². The van der Waals surface area contributed by atoms with Crippen molar-refractivity contribution in [2.75, 3.05) is 6.61 Å². The Morgan fingerprint density at radius 2 is 1.58 bits per heavy atom. The number of hydrogen-bond donors (Lipinski definition) is 2. The second-order valence-corrected chi connectivity index (χ2v) is 10.0. The molecule has 4 aromatic rings. The van der Waals surface area contributed by atoms with E-state index in [1.165, 1.54) is 4.57 Å². The fourth-order valence-electron chi connectivity index (χ4n) is 6.29. The molecule has 7 heteroatoms. The van der Waals surface area contributed by atoms with Gasteiger partial charge in [-0.05, 0) is 41.7 Å². The van der Waals surface area contributed by atoms with E-state index in [-0.39, 0.29) is 18.2 Å². The number of nitriles is 1. The van der Waals surface area contributed by atoms with Gasteiger partial charge >= 0.3 is 0 Å². The Bertz CT molecular complexity index is 1610. The van der Waals surface area contributed by atoms with E-state index >= 15 is 0 Å². The van der Waals surface area contributed by atoms with Crippen LogP contribution in [0.25, 0.3) is 21.3 Å².